The van der Waals surface area contributed by atoms with E-state index in [9.17, 15) is 14.4 Å². The number of fused-ring (bicyclic) bond motifs is 1. The third-order valence-electron chi connectivity index (χ3n) is 6.38. The Morgan fingerprint density at radius 1 is 0.659 bits per heavy atom. The lowest BCUT2D eigenvalue weighted by Crippen LogP contribution is -2.30. The van der Waals surface area contributed by atoms with Gasteiger partial charge in [0, 0.05) is 21.8 Å². The molecule has 5 nitrogen and oxygen atoms in total. The molecule has 0 aliphatic carbocycles. The van der Waals surface area contributed by atoms with E-state index in [1.54, 1.807) is 72.8 Å². The van der Waals surface area contributed by atoms with Crippen LogP contribution in [0, 0.1) is 0 Å². The van der Waals surface area contributed by atoms with Crippen molar-refractivity contribution in [2.45, 2.75) is 0 Å². The highest BCUT2D eigenvalue weighted by molar-refractivity contribution is 6.30. The van der Waals surface area contributed by atoms with Crippen LogP contribution in [0.4, 0.5) is 5.69 Å². The Hall–Kier alpha value is -5.26. The van der Waals surface area contributed by atoms with E-state index in [1.165, 1.54) is 6.08 Å². The lowest BCUT2D eigenvalue weighted by molar-refractivity contribution is -0.113. The average molecular weight is 557 g/mol. The van der Waals surface area contributed by atoms with Crippen molar-refractivity contribution in [3.63, 3.8) is 0 Å². The number of rotatable bonds is 8. The van der Waals surface area contributed by atoms with Gasteiger partial charge in [-0.15, -0.1) is 0 Å². The van der Waals surface area contributed by atoms with Crippen LogP contribution in [-0.2, 0) is 4.79 Å². The van der Waals surface area contributed by atoms with Crippen molar-refractivity contribution in [3.05, 3.63) is 160 Å². The highest BCUT2D eigenvalue weighted by Crippen LogP contribution is 2.21. The van der Waals surface area contributed by atoms with Crippen LogP contribution in [0.2, 0.25) is 5.02 Å². The van der Waals surface area contributed by atoms with Crippen LogP contribution >= 0.6 is 11.6 Å². The summed E-state index contributed by atoms with van der Waals surface area (Å²) in [7, 11) is 0. The summed E-state index contributed by atoms with van der Waals surface area (Å²) in [6, 6.07) is 36.0. The van der Waals surface area contributed by atoms with Crippen molar-refractivity contribution in [2.24, 2.45) is 0 Å². The minimum Gasteiger partial charge on any atom is -0.321 e. The molecule has 0 unspecified atom stereocenters. The average Bonchev–Trinajstić information content (AvgIpc) is 3.01. The van der Waals surface area contributed by atoms with Crippen molar-refractivity contribution in [1.29, 1.82) is 0 Å². The van der Waals surface area contributed by atoms with Gasteiger partial charge in [-0.1, -0.05) is 90.5 Å². The maximum absolute atomic E-state index is 13.4. The maximum Gasteiger partial charge on any atom is 0.272 e. The summed E-state index contributed by atoms with van der Waals surface area (Å²) in [5.74, 6) is -1.07. The molecule has 41 heavy (non-hydrogen) atoms. The number of allylic oxidation sites excluding steroid dienone is 1. The van der Waals surface area contributed by atoms with Gasteiger partial charge < -0.3 is 10.6 Å². The van der Waals surface area contributed by atoms with E-state index in [2.05, 4.69) is 10.6 Å². The van der Waals surface area contributed by atoms with Gasteiger partial charge in [0.1, 0.15) is 5.70 Å². The molecule has 0 radical (unpaired) electrons. The summed E-state index contributed by atoms with van der Waals surface area (Å²) < 4.78 is 0. The second-order valence-corrected chi connectivity index (χ2v) is 9.66. The second-order valence-electron chi connectivity index (χ2n) is 9.23. The minimum atomic E-state index is -0.496. The van der Waals surface area contributed by atoms with Crippen molar-refractivity contribution in [3.8, 4) is 0 Å². The van der Waals surface area contributed by atoms with Gasteiger partial charge in [-0.25, -0.2) is 0 Å². The lowest BCUT2D eigenvalue weighted by atomic mass is 10.0. The molecule has 0 bridgehead atoms. The normalized spacial score (nSPS) is 11.4. The predicted octanol–water partition coefficient (Wildman–Crippen LogP) is 7.80. The minimum absolute atomic E-state index is 0.0845. The highest BCUT2D eigenvalue weighted by Gasteiger charge is 2.16. The summed E-state index contributed by atoms with van der Waals surface area (Å²) in [5.41, 5.74) is 3.10. The monoisotopic (exact) mass is 556 g/mol. The Balaban J connectivity index is 1.36. The van der Waals surface area contributed by atoms with Gasteiger partial charge in [-0.2, -0.15) is 0 Å². The smallest absolute Gasteiger partial charge is 0.272 e. The molecule has 6 heteroatoms. The van der Waals surface area contributed by atoms with Crippen molar-refractivity contribution >= 4 is 57.8 Å². The molecule has 0 saturated heterocycles. The van der Waals surface area contributed by atoms with Gasteiger partial charge in [0.05, 0.1) is 0 Å². The first-order valence-electron chi connectivity index (χ1n) is 12.9. The quantitative estimate of drug-likeness (QED) is 0.151. The van der Waals surface area contributed by atoms with Crippen LogP contribution in [0.15, 0.2) is 133 Å². The van der Waals surface area contributed by atoms with Gasteiger partial charge in [-0.05, 0) is 82.6 Å². The van der Waals surface area contributed by atoms with Gasteiger partial charge >= 0.3 is 0 Å². The van der Waals surface area contributed by atoms with E-state index in [0.717, 1.165) is 21.9 Å². The van der Waals surface area contributed by atoms with Crippen LogP contribution in [0.5, 0.6) is 0 Å². The first-order chi connectivity index (χ1) is 20.0. The Morgan fingerprint density at radius 3 is 2.10 bits per heavy atom. The number of anilines is 1. The number of ketones is 1. The Bertz CT molecular complexity index is 1770. The molecule has 0 spiro atoms. The Morgan fingerprint density at radius 2 is 1.34 bits per heavy atom. The molecule has 0 fully saturated rings. The summed E-state index contributed by atoms with van der Waals surface area (Å²) in [6.07, 6.45) is 4.87. The van der Waals surface area contributed by atoms with Gasteiger partial charge in [0.2, 0.25) is 0 Å². The van der Waals surface area contributed by atoms with Crippen molar-refractivity contribution < 1.29 is 14.4 Å². The van der Waals surface area contributed by atoms with E-state index >= 15 is 0 Å². The van der Waals surface area contributed by atoms with E-state index < -0.39 is 11.8 Å². The highest BCUT2D eigenvalue weighted by atomic mass is 35.5. The topological polar surface area (TPSA) is 75.3 Å². The van der Waals surface area contributed by atoms with Crippen molar-refractivity contribution in [1.82, 2.24) is 5.32 Å². The molecule has 2 amide bonds. The summed E-state index contributed by atoms with van der Waals surface area (Å²) in [5, 5.41) is 8.19. The number of halogens is 1. The van der Waals surface area contributed by atoms with E-state index in [1.807, 2.05) is 60.7 Å². The summed E-state index contributed by atoms with van der Waals surface area (Å²) in [6.45, 7) is 0. The fourth-order valence-corrected chi connectivity index (χ4v) is 4.36. The van der Waals surface area contributed by atoms with Gasteiger partial charge in [0.15, 0.2) is 5.78 Å². The number of amides is 2. The zero-order chi connectivity index (χ0) is 28.6. The summed E-state index contributed by atoms with van der Waals surface area (Å²) >= 11 is 5.91. The molecule has 0 saturated carbocycles. The van der Waals surface area contributed by atoms with E-state index in [0.29, 0.717) is 21.8 Å². The van der Waals surface area contributed by atoms with Crippen LogP contribution in [0.1, 0.15) is 31.8 Å². The Kier molecular flexibility index (Phi) is 8.48. The molecule has 0 aliphatic rings. The Labute approximate surface area is 242 Å². The molecule has 5 aromatic carbocycles. The third kappa shape index (κ3) is 7.04. The zero-order valence-corrected chi connectivity index (χ0v) is 22.6. The molecule has 0 heterocycles. The van der Waals surface area contributed by atoms with E-state index in [4.69, 9.17) is 11.6 Å². The molecule has 200 valence electrons. The summed E-state index contributed by atoms with van der Waals surface area (Å²) in [4.78, 5) is 39.1. The first-order valence-corrected chi connectivity index (χ1v) is 13.3. The molecular weight excluding hydrogens is 532 g/mol. The number of hydrogen-bond donors (Lipinski definition) is 2. The maximum atomic E-state index is 13.4. The molecule has 0 atom stereocenters. The predicted molar refractivity (Wildman–Crippen MR) is 166 cm³/mol. The largest absolute Gasteiger partial charge is 0.321 e. The molecule has 5 aromatic rings. The van der Waals surface area contributed by atoms with Crippen LogP contribution < -0.4 is 10.6 Å². The van der Waals surface area contributed by atoms with Gasteiger partial charge in [-0.3, -0.25) is 14.4 Å². The van der Waals surface area contributed by atoms with Gasteiger partial charge in [0.25, 0.3) is 11.8 Å². The number of hydrogen-bond acceptors (Lipinski definition) is 3. The van der Waals surface area contributed by atoms with Crippen LogP contribution in [0.25, 0.3) is 22.9 Å². The van der Waals surface area contributed by atoms with Crippen LogP contribution in [-0.4, -0.2) is 17.6 Å². The lowest BCUT2D eigenvalue weighted by Gasteiger charge is -2.12. The number of carbonyl (C=O) groups excluding carboxylic acids is 3. The fourth-order valence-electron chi connectivity index (χ4n) is 4.23. The molecular formula is C35H25ClN2O3. The number of nitrogens with one attached hydrogen (secondary N) is 2. The standard InChI is InChI=1S/C35H25ClN2O3/c36-29-18-13-24(14-19-29)15-22-33(39)26-16-20-30(21-17-26)37-35(41)32(38-34(40)27-8-2-1-3-9-27)23-28-11-6-10-25-7-4-5-12-31(25)28/h1-23H,(H,37,41)(H,38,40)/b22-15+,32-23-. The molecule has 0 aliphatic heterocycles. The van der Waals surface area contributed by atoms with Crippen molar-refractivity contribution in [2.75, 3.05) is 5.32 Å². The molecule has 2 N–H and O–H groups in total. The molecule has 0 aromatic heterocycles. The number of carbonyl (C=O) groups is 3. The SMILES string of the molecule is O=C(Nc1ccc(C(=O)/C=C/c2ccc(Cl)cc2)cc1)/C(=C/c1cccc2ccccc12)NC(=O)c1ccccc1. The van der Waals surface area contributed by atoms with Crippen LogP contribution in [0.3, 0.4) is 0 Å². The first kappa shape index (κ1) is 27.3. The second kappa shape index (κ2) is 12.7. The fraction of sp³-hybridized carbons (Fsp3) is 0. The molecule has 5 rings (SSSR count). The number of benzene rings is 5. The van der Waals surface area contributed by atoms with E-state index in [-0.39, 0.29) is 11.5 Å². The third-order valence-corrected chi connectivity index (χ3v) is 6.63. The zero-order valence-electron chi connectivity index (χ0n) is 21.9.